The van der Waals surface area contributed by atoms with Crippen LogP contribution < -0.4 is 21.5 Å². The van der Waals surface area contributed by atoms with E-state index in [0.717, 1.165) is 24.3 Å². The molecule has 2 heterocycles. The van der Waals surface area contributed by atoms with Crippen LogP contribution in [-0.2, 0) is 4.79 Å². The Hall–Kier alpha value is -1.89. The summed E-state index contributed by atoms with van der Waals surface area (Å²) in [5.41, 5.74) is 3.34. The number of hydrogen-bond acceptors (Lipinski definition) is 6. The first kappa shape index (κ1) is 11.6. The molecule has 1 fully saturated rings. The molecule has 1 aromatic heterocycles. The molecule has 0 aromatic carbocycles. The van der Waals surface area contributed by atoms with Crippen molar-refractivity contribution < 1.29 is 4.79 Å². The summed E-state index contributed by atoms with van der Waals surface area (Å²) in [6.07, 6.45) is 2.60. The molecule has 1 aliphatic rings. The highest BCUT2D eigenvalue weighted by atomic mass is 16.2. The van der Waals surface area contributed by atoms with E-state index in [0.29, 0.717) is 19.0 Å². The fourth-order valence-electron chi connectivity index (χ4n) is 1.81. The van der Waals surface area contributed by atoms with E-state index in [1.807, 2.05) is 11.8 Å². The molecule has 0 atom stereocenters. The maximum atomic E-state index is 11.5. The van der Waals surface area contributed by atoms with Crippen LogP contribution in [0, 0.1) is 6.92 Å². The van der Waals surface area contributed by atoms with Gasteiger partial charge in [0, 0.05) is 24.8 Å². The summed E-state index contributed by atoms with van der Waals surface area (Å²) < 4.78 is 0. The first-order valence-electron chi connectivity index (χ1n) is 5.52. The number of carbonyl (C=O) groups is 1. The monoisotopic (exact) mass is 236 g/mol. The first-order valence-corrected chi connectivity index (χ1v) is 5.52. The number of rotatable bonds is 2. The summed E-state index contributed by atoms with van der Waals surface area (Å²) in [7, 11) is 0. The Bertz CT molecular complexity index is 421. The van der Waals surface area contributed by atoms with Crippen LogP contribution in [0.15, 0.2) is 6.20 Å². The highest BCUT2D eigenvalue weighted by molar-refractivity contribution is 5.81. The zero-order valence-electron chi connectivity index (χ0n) is 9.73. The summed E-state index contributed by atoms with van der Waals surface area (Å²) in [6, 6.07) is 0. The van der Waals surface area contributed by atoms with Crippen LogP contribution >= 0.6 is 0 Å². The second-order valence-corrected chi connectivity index (χ2v) is 3.97. The van der Waals surface area contributed by atoms with Crippen molar-refractivity contribution in [1.29, 1.82) is 0 Å². The highest BCUT2D eigenvalue weighted by Crippen LogP contribution is 2.18. The number of nitrogens with two attached hydrogens (primary N) is 1. The summed E-state index contributed by atoms with van der Waals surface area (Å²) in [4.78, 5) is 21.8. The van der Waals surface area contributed by atoms with Gasteiger partial charge in [-0.25, -0.2) is 10.8 Å². The van der Waals surface area contributed by atoms with Gasteiger partial charge in [0.05, 0.1) is 6.54 Å². The average Bonchev–Trinajstić information content (AvgIpc) is 2.54. The Balaban J connectivity index is 2.27. The fraction of sp³-hybridized carbons (Fsp3) is 0.500. The molecule has 1 amide bonds. The molecule has 7 nitrogen and oxygen atoms in total. The van der Waals surface area contributed by atoms with Crippen molar-refractivity contribution in [3.63, 3.8) is 0 Å². The zero-order chi connectivity index (χ0) is 12.3. The van der Waals surface area contributed by atoms with Gasteiger partial charge >= 0.3 is 0 Å². The van der Waals surface area contributed by atoms with E-state index < -0.39 is 0 Å². The smallest absolute Gasteiger partial charge is 0.239 e. The minimum Gasteiger partial charge on any atom is -0.354 e. The molecule has 1 saturated heterocycles. The molecule has 17 heavy (non-hydrogen) atoms. The maximum absolute atomic E-state index is 11.5. The normalized spacial score (nSPS) is 16.4. The number of carbonyl (C=O) groups excluding carboxylic acids is 1. The molecule has 0 radical (unpaired) electrons. The molecule has 0 bridgehead atoms. The standard InChI is InChI=1S/C10H16N6O/c1-7-5-13-10(15-11)14-9(7)16-4-2-3-12-8(17)6-16/h5H,2-4,6,11H2,1H3,(H,12,17)(H,13,14,15). The van der Waals surface area contributed by atoms with Crippen LogP contribution in [-0.4, -0.2) is 35.5 Å². The molecule has 0 unspecified atom stereocenters. The molecule has 0 aliphatic carbocycles. The van der Waals surface area contributed by atoms with Crippen LogP contribution in [0.25, 0.3) is 0 Å². The van der Waals surface area contributed by atoms with E-state index >= 15 is 0 Å². The topological polar surface area (TPSA) is 96.2 Å². The predicted octanol–water partition coefficient (Wildman–Crippen LogP) is -0.603. The van der Waals surface area contributed by atoms with Gasteiger partial charge in [0.15, 0.2) is 0 Å². The first-order chi connectivity index (χ1) is 8.20. The number of nitrogens with one attached hydrogen (secondary N) is 2. The zero-order valence-corrected chi connectivity index (χ0v) is 9.73. The van der Waals surface area contributed by atoms with Gasteiger partial charge in [0.2, 0.25) is 11.9 Å². The SMILES string of the molecule is Cc1cnc(NN)nc1N1CCCNC(=O)C1. The van der Waals surface area contributed by atoms with Crippen LogP contribution in [0.2, 0.25) is 0 Å². The second kappa shape index (κ2) is 4.96. The lowest BCUT2D eigenvalue weighted by molar-refractivity contribution is -0.119. The molecular formula is C10H16N6O. The fourth-order valence-corrected chi connectivity index (χ4v) is 1.81. The number of anilines is 2. The Labute approximate surface area is 99.4 Å². The summed E-state index contributed by atoms with van der Waals surface area (Å²) >= 11 is 0. The van der Waals surface area contributed by atoms with Gasteiger partial charge in [-0.3, -0.25) is 10.2 Å². The Morgan fingerprint density at radius 1 is 1.59 bits per heavy atom. The number of nitrogens with zero attached hydrogens (tertiary/aromatic N) is 3. The van der Waals surface area contributed by atoms with Crippen molar-refractivity contribution in [3.8, 4) is 0 Å². The van der Waals surface area contributed by atoms with E-state index in [4.69, 9.17) is 5.84 Å². The predicted molar refractivity (Wildman–Crippen MR) is 64.4 cm³/mol. The van der Waals surface area contributed by atoms with Crippen molar-refractivity contribution >= 4 is 17.7 Å². The van der Waals surface area contributed by atoms with E-state index in [1.54, 1.807) is 6.20 Å². The quantitative estimate of drug-likeness (QED) is 0.468. The molecular weight excluding hydrogens is 220 g/mol. The largest absolute Gasteiger partial charge is 0.354 e. The molecule has 0 saturated carbocycles. The molecule has 4 N–H and O–H groups in total. The van der Waals surface area contributed by atoms with Gasteiger partial charge in [-0.05, 0) is 13.3 Å². The highest BCUT2D eigenvalue weighted by Gasteiger charge is 2.18. The third kappa shape index (κ3) is 2.62. The van der Waals surface area contributed by atoms with Crippen LogP contribution in [0.3, 0.4) is 0 Å². The van der Waals surface area contributed by atoms with E-state index in [2.05, 4.69) is 20.7 Å². The van der Waals surface area contributed by atoms with E-state index in [-0.39, 0.29) is 5.91 Å². The Morgan fingerprint density at radius 2 is 2.41 bits per heavy atom. The number of hydrogen-bond donors (Lipinski definition) is 3. The van der Waals surface area contributed by atoms with Crippen molar-refractivity contribution in [2.24, 2.45) is 5.84 Å². The van der Waals surface area contributed by atoms with Gasteiger partial charge < -0.3 is 10.2 Å². The summed E-state index contributed by atoms with van der Waals surface area (Å²) in [5, 5.41) is 2.83. The van der Waals surface area contributed by atoms with Gasteiger partial charge in [-0.2, -0.15) is 4.98 Å². The van der Waals surface area contributed by atoms with Crippen molar-refractivity contribution in [2.45, 2.75) is 13.3 Å². The molecule has 1 aliphatic heterocycles. The van der Waals surface area contributed by atoms with E-state index in [1.165, 1.54) is 0 Å². The van der Waals surface area contributed by atoms with Gasteiger partial charge in [0.25, 0.3) is 0 Å². The Morgan fingerprint density at radius 3 is 3.18 bits per heavy atom. The van der Waals surface area contributed by atoms with Gasteiger partial charge in [-0.1, -0.05) is 0 Å². The summed E-state index contributed by atoms with van der Waals surface area (Å²) in [6.45, 7) is 3.74. The lowest BCUT2D eigenvalue weighted by atomic mass is 10.3. The molecule has 2 rings (SSSR count). The van der Waals surface area contributed by atoms with Crippen LogP contribution in [0.4, 0.5) is 11.8 Å². The number of hydrazine groups is 1. The average molecular weight is 236 g/mol. The van der Waals surface area contributed by atoms with Crippen molar-refractivity contribution in [2.75, 3.05) is 30.0 Å². The molecule has 1 aromatic rings. The lowest BCUT2D eigenvalue weighted by Gasteiger charge is -2.22. The van der Waals surface area contributed by atoms with Gasteiger partial charge in [0.1, 0.15) is 5.82 Å². The minimum atomic E-state index is 0.0165. The summed E-state index contributed by atoms with van der Waals surface area (Å²) in [5.74, 6) is 6.41. The molecule has 7 heteroatoms. The van der Waals surface area contributed by atoms with E-state index in [9.17, 15) is 4.79 Å². The number of aryl methyl sites for hydroxylation is 1. The number of aromatic nitrogens is 2. The maximum Gasteiger partial charge on any atom is 0.239 e. The van der Waals surface area contributed by atoms with Crippen LogP contribution in [0.5, 0.6) is 0 Å². The molecule has 92 valence electrons. The number of nitrogen functional groups attached to an aromatic ring is 1. The Kier molecular flexibility index (Phi) is 3.38. The third-order valence-electron chi connectivity index (χ3n) is 2.64. The van der Waals surface area contributed by atoms with Crippen molar-refractivity contribution in [1.82, 2.24) is 15.3 Å². The van der Waals surface area contributed by atoms with Gasteiger partial charge in [-0.15, -0.1) is 0 Å². The van der Waals surface area contributed by atoms with Crippen molar-refractivity contribution in [3.05, 3.63) is 11.8 Å². The third-order valence-corrected chi connectivity index (χ3v) is 2.64. The van der Waals surface area contributed by atoms with Crippen LogP contribution in [0.1, 0.15) is 12.0 Å². The molecule has 0 spiro atoms. The lowest BCUT2D eigenvalue weighted by Crippen LogP contribution is -2.34. The minimum absolute atomic E-state index is 0.0165. The number of amides is 1. The second-order valence-electron chi connectivity index (χ2n) is 3.97.